The lowest BCUT2D eigenvalue weighted by Crippen LogP contribution is -2.50. The SMILES string of the molecule is Cc1ccc(Nc2ccc(N3CCN(C(=O)COc4ccc(Cl)cc4)CC3)nn2)nc1. The number of aromatic nitrogens is 3. The maximum absolute atomic E-state index is 12.4. The Kier molecular flexibility index (Phi) is 6.47. The highest BCUT2D eigenvalue weighted by atomic mass is 35.5. The molecular formula is C22H23ClN6O2. The van der Waals surface area contributed by atoms with Gasteiger partial charge in [0.1, 0.15) is 11.6 Å². The van der Waals surface area contributed by atoms with Gasteiger partial charge in [-0.15, -0.1) is 10.2 Å². The fourth-order valence-electron chi connectivity index (χ4n) is 3.19. The molecular weight excluding hydrogens is 416 g/mol. The van der Waals surface area contributed by atoms with E-state index in [4.69, 9.17) is 16.3 Å². The molecule has 0 bridgehead atoms. The minimum absolute atomic E-state index is 0.00878. The monoisotopic (exact) mass is 438 g/mol. The quantitative estimate of drug-likeness (QED) is 0.632. The van der Waals surface area contributed by atoms with Crippen LogP contribution < -0.4 is 15.0 Å². The van der Waals surface area contributed by atoms with Crippen LogP contribution >= 0.6 is 11.6 Å². The fraction of sp³-hybridized carbons (Fsp3) is 0.273. The molecule has 1 amide bonds. The molecule has 1 saturated heterocycles. The van der Waals surface area contributed by atoms with Crippen LogP contribution in [0.3, 0.4) is 0 Å². The van der Waals surface area contributed by atoms with Gasteiger partial charge < -0.3 is 19.9 Å². The van der Waals surface area contributed by atoms with Crippen LogP contribution in [-0.4, -0.2) is 58.8 Å². The van der Waals surface area contributed by atoms with Gasteiger partial charge in [-0.3, -0.25) is 4.79 Å². The molecule has 0 radical (unpaired) electrons. The van der Waals surface area contributed by atoms with Crippen molar-refractivity contribution >= 4 is 35.0 Å². The van der Waals surface area contributed by atoms with E-state index in [-0.39, 0.29) is 12.5 Å². The summed E-state index contributed by atoms with van der Waals surface area (Å²) >= 11 is 5.86. The van der Waals surface area contributed by atoms with Gasteiger partial charge in [-0.25, -0.2) is 4.98 Å². The van der Waals surface area contributed by atoms with E-state index in [2.05, 4.69) is 25.4 Å². The van der Waals surface area contributed by atoms with E-state index in [0.29, 0.717) is 42.8 Å². The number of aryl methyl sites for hydroxylation is 1. The third-order valence-electron chi connectivity index (χ3n) is 4.95. The molecule has 160 valence electrons. The van der Waals surface area contributed by atoms with Gasteiger partial charge in [-0.2, -0.15) is 0 Å². The van der Waals surface area contributed by atoms with Gasteiger partial charge in [-0.05, 0) is 55.0 Å². The normalized spacial score (nSPS) is 13.7. The molecule has 3 heterocycles. The third kappa shape index (κ3) is 5.61. The second-order valence-corrected chi connectivity index (χ2v) is 7.67. The molecule has 1 fully saturated rings. The van der Waals surface area contributed by atoms with Gasteiger partial charge >= 0.3 is 0 Å². The lowest BCUT2D eigenvalue weighted by molar-refractivity contribution is -0.133. The van der Waals surface area contributed by atoms with Gasteiger partial charge in [0.25, 0.3) is 5.91 Å². The van der Waals surface area contributed by atoms with Crippen LogP contribution in [0, 0.1) is 6.92 Å². The molecule has 9 heteroatoms. The van der Waals surface area contributed by atoms with E-state index < -0.39 is 0 Å². The number of nitrogens with one attached hydrogen (secondary N) is 1. The van der Waals surface area contributed by atoms with E-state index in [0.717, 1.165) is 17.2 Å². The summed E-state index contributed by atoms with van der Waals surface area (Å²) in [6.45, 7) is 4.59. The summed E-state index contributed by atoms with van der Waals surface area (Å²) in [5, 5.41) is 12.3. The van der Waals surface area contributed by atoms with Crippen molar-refractivity contribution in [2.75, 3.05) is 43.0 Å². The number of piperazine rings is 1. The Balaban J connectivity index is 1.25. The Hall–Kier alpha value is -3.39. The minimum Gasteiger partial charge on any atom is -0.484 e. The standard InChI is InChI=1S/C22H23ClN6O2/c1-16-2-7-19(24-14-16)25-20-8-9-21(27-26-20)28-10-12-29(13-11-28)22(30)15-31-18-5-3-17(23)4-6-18/h2-9,14H,10-13,15H2,1H3,(H,24,25,26). The van der Waals surface area contributed by atoms with Crippen molar-refractivity contribution in [3.8, 4) is 5.75 Å². The molecule has 3 aromatic rings. The van der Waals surface area contributed by atoms with Gasteiger partial charge in [-0.1, -0.05) is 17.7 Å². The van der Waals surface area contributed by atoms with Crippen LogP contribution in [0.25, 0.3) is 0 Å². The lowest BCUT2D eigenvalue weighted by Gasteiger charge is -2.35. The topological polar surface area (TPSA) is 83.5 Å². The molecule has 1 aliphatic heterocycles. The summed E-state index contributed by atoms with van der Waals surface area (Å²) in [6, 6.07) is 14.7. The van der Waals surface area contributed by atoms with Crippen LogP contribution in [0.2, 0.25) is 5.02 Å². The summed E-state index contributed by atoms with van der Waals surface area (Å²) in [5.74, 6) is 2.73. The first-order valence-electron chi connectivity index (χ1n) is 10.0. The summed E-state index contributed by atoms with van der Waals surface area (Å²) in [4.78, 5) is 20.7. The first kappa shape index (κ1) is 20.9. The summed E-state index contributed by atoms with van der Waals surface area (Å²) < 4.78 is 5.56. The minimum atomic E-state index is -0.0363. The molecule has 1 aliphatic rings. The Morgan fingerprint density at radius 2 is 1.74 bits per heavy atom. The summed E-state index contributed by atoms with van der Waals surface area (Å²) in [5.41, 5.74) is 1.10. The van der Waals surface area contributed by atoms with E-state index in [9.17, 15) is 4.79 Å². The molecule has 0 saturated carbocycles. The highest BCUT2D eigenvalue weighted by molar-refractivity contribution is 6.30. The van der Waals surface area contributed by atoms with Crippen LogP contribution in [0.15, 0.2) is 54.7 Å². The van der Waals surface area contributed by atoms with Crippen molar-refractivity contribution in [2.45, 2.75) is 6.92 Å². The Bertz CT molecular complexity index is 1000. The molecule has 2 aromatic heterocycles. The largest absolute Gasteiger partial charge is 0.484 e. The van der Waals surface area contributed by atoms with Crippen LogP contribution in [0.1, 0.15) is 5.56 Å². The average molecular weight is 439 g/mol. The van der Waals surface area contributed by atoms with E-state index >= 15 is 0 Å². The van der Waals surface area contributed by atoms with Gasteiger partial charge in [0.15, 0.2) is 18.2 Å². The summed E-state index contributed by atoms with van der Waals surface area (Å²) in [6.07, 6.45) is 1.80. The molecule has 4 rings (SSSR count). The number of hydrogen-bond donors (Lipinski definition) is 1. The van der Waals surface area contributed by atoms with Crippen LogP contribution in [0.4, 0.5) is 17.5 Å². The number of hydrogen-bond acceptors (Lipinski definition) is 7. The second-order valence-electron chi connectivity index (χ2n) is 7.23. The van der Waals surface area contributed by atoms with Crippen molar-refractivity contribution in [2.24, 2.45) is 0 Å². The zero-order chi connectivity index (χ0) is 21.6. The zero-order valence-electron chi connectivity index (χ0n) is 17.2. The van der Waals surface area contributed by atoms with E-state index in [1.807, 2.05) is 31.2 Å². The fourth-order valence-corrected chi connectivity index (χ4v) is 3.31. The lowest BCUT2D eigenvalue weighted by atomic mass is 10.3. The number of pyridine rings is 1. The first-order valence-corrected chi connectivity index (χ1v) is 10.4. The third-order valence-corrected chi connectivity index (χ3v) is 5.20. The number of amides is 1. The van der Waals surface area contributed by atoms with Gasteiger partial charge in [0.2, 0.25) is 0 Å². The van der Waals surface area contributed by atoms with Crippen LogP contribution in [-0.2, 0) is 4.79 Å². The summed E-state index contributed by atoms with van der Waals surface area (Å²) in [7, 11) is 0. The average Bonchev–Trinajstić information content (AvgIpc) is 2.81. The maximum Gasteiger partial charge on any atom is 0.260 e. The number of halogens is 1. The van der Waals surface area contributed by atoms with Crippen molar-refractivity contribution < 1.29 is 9.53 Å². The number of benzene rings is 1. The number of carbonyl (C=O) groups is 1. The maximum atomic E-state index is 12.4. The number of ether oxygens (including phenoxy) is 1. The molecule has 8 nitrogen and oxygen atoms in total. The highest BCUT2D eigenvalue weighted by Gasteiger charge is 2.22. The predicted molar refractivity (Wildman–Crippen MR) is 120 cm³/mol. The molecule has 0 unspecified atom stereocenters. The van der Waals surface area contributed by atoms with Crippen molar-refractivity contribution in [1.29, 1.82) is 0 Å². The van der Waals surface area contributed by atoms with Crippen molar-refractivity contribution in [3.05, 3.63) is 65.3 Å². The predicted octanol–water partition coefficient (Wildman–Crippen LogP) is 3.30. The van der Waals surface area contributed by atoms with E-state index in [1.165, 1.54) is 0 Å². The van der Waals surface area contributed by atoms with Crippen LogP contribution in [0.5, 0.6) is 5.75 Å². The molecule has 31 heavy (non-hydrogen) atoms. The number of anilines is 3. The number of rotatable bonds is 6. The number of carbonyl (C=O) groups excluding carboxylic acids is 1. The van der Waals surface area contributed by atoms with Crippen molar-refractivity contribution in [3.63, 3.8) is 0 Å². The molecule has 1 aromatic carbocycles. The Labute approximate surface area is 185 Å². The highest BCUT2D eigenvalue weighted by Crippen LogP contribution is 2.18. The molecule has 0 atom stereocenters. The molecule has 1 N–H and O–H groups in total. The number of nitrogens with zero attached hydrogens (tertiary/aromatic N) is 5. The Morgan fingerprint density at radius 3 is 2.39 bits per heavy atom. The molecule has 0 aliphatic carbocycles. The second kappa shape index (κ2) is 9.61. The zero-order valence-corrected chi connectivity index (χ0v) is 17.9. The van der Waals surface area contributed by atoms with Gasteiger partial charge in [0, 0.05) is 37.4 Å². The first-order chi connectivity index (χ1) is 15.1. The van der Waals surface area contributed by atoms with E-state index in [1.54, 1.807) is 35.4 Å². The Morgan fingerprint density at radius 1 is 1.00 bits per heavy atom. The van der Waals surface area contributed by atoms with Gasteiger partial charge in [0.05, 0.1) is 0 Å². The van der Waals surface area contributed by atoms with Crippen molar-refractivity contribution in [1.82, 2.24) is 20.1 Å². The smallest absolute Gasteiger partial charge is 0.260 e. The molecule has 0 spiro atoms.